The summed E-state index contributed by atoms with van der Waals surface area (Å²) < 4.78 is 29.8. The fourth-order valence-electron chi connectivity index (χ4n) is 12.6. The smallest absolute Gasteiger partial charge is 0.293 e. The van der Waals surface area contributed by atoms with Crippen molar-refractivity contribution < 1.29 is 69.3 Å². The van der Waals surface area contributed by atoms with E-state index in [4.69, 9.17) is 23.7 Å². The molecule has 0 bridgehead atoms. The monoisotopic (exact) mass is 798 g/mol. The summed E-state index contributed by atoms with van der Waals surface area (Å²) in [6, 6.07) is 0. The van der Waals surface area contributed by atoms with E-state index in [1.165, 1.54) is 0 Å². The number of carbonyl (C=O) groups is 1. The van der Waals surface area contributed by atoms with Crippen LogP contribution in [0.3, 0.4) is 0 Å². The van der Waals surface area contributed by atoms with Crippen LogP contribution in [0.15, 0.2) is 11.1 Å². The lowest BCUT2D eigenvalue weighted by molar-refractivity contribution is -0.325. The van der Waals surface area contributed by atoms with E-state index in [0.717, 1.165) is 51.4 Å². The molecule has 2 saturated heterocycles. The van der Waals surface area contributed by atoms with Crippen LogP contribution in [0.4, 0.5) is 0 Å². The Kier molecular flexibility index (Phi) is 12.9. The van der Waals surface area contributed by atoms with Crippen LogP contribution in [0.1, 0.15) is 119 Å². The first-order valence-corrected chi connectivity index (χ1v) is 21.0. The molecule has 4 fully saturated rings. The van der Waals surface area contributed by atoms with Gasteiger partial charge >= 0.3 is 0 Å². The van der Waals surface area contributed by atoms with Crippen molar-refractivity contribution in [2.45, 2.75) is 198 Å². The Morgan fingerprint density at radius 3 is 1.98 bits per heavy atom. The van der Waals surface area contributed by atoms with Crippen molar-refractivity contribution in [2.75, 3.05) is 13.2 Å². The van der Waals surface area contributed by atoms with Gasteiger partial charge in [-0.25, -0.2) is 0 Å². The standard InChI is InChI=1S/C42H70O14/c1-38(2,56-37-35(51)33(49)31(47)27(20-44)54-37)15-8-9-25(52-21-45)24-13-18-41(6)23-10-11-28-39(3,4)29(14-16-40(28,5)22(23)12-17-42(24,41)7)55-36-34(50)32(48)30(46)26(19-43)53-36/h21,24-37,43-44,46-51H,8-20H2,1-7H3/t24-,25-,26?,27?,28?,29+,30?,31?,32?,33?,34?,35?,36?,37?,40-,41+,42-/m1/s1. The Morgan fingerprint density at radius 2 is 1.38 bits per heavy atom. The third-order valence-electron chi connectivity index (χ3n) is 16.1. The van der Waals surface area contributed by atoms with E-state index < -0.39 is 80.2 Å². The summed E-state index contributed by atoms with van der Waals surface area (Å²) in [6.45, 7) is 15.0. The lowest BCUT2D eigenvalue weighted by atomic mass is 9.43. The summed E-state index contributed by atoms with van der Waals surface area (Å²) in [5.41, 5.74) is 1.82. The van der Waals surface area contributed by atoms with E-state index >= 15 is 0 Å². The predicted octanol–water partition coefficient (Wildman–Crippen LogP) is 2.23. The number of hydrogen-bond acceptors (Lipinski definition) is 14. The van der Waals surface area contributed by atoms with Crippen molar-refractivity contribution in [3.05, 3.63) is 11.1 Å². The SMILES string of the molecule is CC(C)(CCC[C@@H](OC=O)[C@H]1CC[C@@]2(C)C3=C(CC[C@]12C)[C@@]1(C)CC[C@H](OC2OC(CO)C(O)C(O)C2O)C(C)(C)C1CC3)OC1OC(CO)C(O)C(O)C1O. The van der Waals surface area contributed by atoms with Crippen molar-refractivity contribution in [1.29, 1.82) is 0 Å². The second-order valence-electron chi connectivity index (χ2n) is 19.8. The molecule has 4 aliphatic carbocycles. The molecule has 2 heterocycles. The van der Waals surface area contributed by atoms with Crippen LogP contribution in [0.25, 0.3) is 0 Å². The van der Waals surface area contributed by atoms with Crippen LogP contribution in [0.5, 0.6) is 0 Å². The summed E-state index contributed by atoms with van der Waals surface area (Å²) in [7, 11) is 0. The van der Waals surface area contributed by atoms with Crippen LogP contribution in [0.2, 0.25) is 0 Å². The molecule has 2 saturated carbocycles. The van der Waals surface area contributed by atoms with Gasteiger partial charge < -0.3 is 64.5 Å². The molecule has 0 spiro atoms. The summed E-state index contributed by atoms with van der Waals surface area (Å²) in [6.07, 6.45) is -4.53. The Balaban J connectivity index is 1.14. The van der Waals surface area contributed by atoms with E-state index in [1.807, 2.05) is 13.8 Å². The number of aliphatic hydroxyl groups excluding tert-OH is 8. The normalized spacial score (nSPS) is 47.1. The number of aliphatic hydroxyl groups is 8. The zero-order chi connectivity index (χ0) is 41.2. The third-order valence-corrected chi connectivity index (χ3v) is 16.1. The Bertz CT molecular complexity index is 1420. The zero-order valence-corrected chi connectivity index (χ0v) is 34.4. The molecule has 322 valence electrons. The minimum Gasteiger partial charge on any atom is -0.464 e. The van der Waals surface area contributed by atoms with Gasteiger partial charge in [0.1, 0.15) is 54.9 Å². The maximum absolute atomic E-state index is 12.0. The summed E-state index contributed by atoms with van der Waals surface area (Å²) in [4.78, 5) is 12.0. The topological polar surface area (TPSA) is 225 Å². The molecule has 0 aromatic carbocycles. The van der Waals surface area contributed by atoms with Crippen molar-refractivity contribution in [3.8, 4) is 0 Å². The second kappa shape index (κ2) is 16.3. The average molecular weight is 799 g/mol. The minimum absolute atomic E-state index is 0.0556. The Morgan fingerprint density at radius 1 is 0.768 bits per heavy atom. The van der Waals surface area contributed by atoms with Crippen molar-refractivity contribution in [2.24, 2.45) is 33.5 Å². The van der Waals surface area contributed by atoms with Gasteiger partial charge in [0, 0.05) is 5.92 Å². The molecule has 0 aromatic heterocycles. The highest BCUT2D eigenvalue weighted by atomic mass is 16.7. The molecule has 14 nitrogen and oxygen atoms in total. The van der Waals surface area contributed by atoms with E-state index in [0.29, 0.717) is 31.7 Å². The van der Waals surface area contributed by atoms with Crippen LogP contribution >= 0.6 is 0 Å². The van der Waals surface area contributed by atoms with Crippen molar-refractivity contribution in [3.63, 3.8) is 0 Å². The van der Waals surface area contributed by atoms with Gasteiger partial charge in [-0.15, -0.1) is 0 Å². The molecule has 56 heavy (non-hydrogen) atoms. The first kappa shape index (κ1) is 44.3. The quantitative estimate of drug-likeness (QED) is 0.0989. The van der Waals surface area contributed by atoms with Crippen LogP contribution in [-0.2, 0) is 28.5 Å². The number of allylic oxidation sites excluding steroid dienone is 2. The maximum atomic E-state index is 12.0. The number of ether oxygens (including phenoxy) is 5. The van der Waals surface area contributed by atoms with E-state index in [1.54, 1.807) is 11.1 Å². The fourth-order valence-corrected chi connectivity index (χ4v) is 12.6. The highest BCUT2D eigenvalue weighted by Crippen LogP contribution is 2.72. The van der Waals surface area contributed by atoms with E-state index in [-0.39, 0.29) is 39.8 Å². The molecule has 14 heteroatoms. The second-order valence-corrected chi connectivity index (χ2v) is 19.8. The molecule has 8 N–H and O–H groups in total. The minimum atomic E-state index is -1.52. The summed E-state index contributed by atoms with van der Waals surface area (Å²) >= 11 is 0. The van der Waals surface area contributed by atoms with Gasteiger partial charge in [-0.05, 0) is 112 Å². The lowest BCUT2D eigenvalue weighted by Crippen LogP contribution is -2.61. The molecule has 0 aromatic rings. The molecule has 6 aliphatic rings. The first-order valence-electron chi connectivity index (χ1n) is 21.0. The fraction of sp³-hybridized carbons (Fsp3) is 0.929. The lowest BCUT2D eigenvalue weighted by Gasteiger charge is -2.62. The van der Waals surface area contributed by atoms with Gasteiger partial charge in [-0.3, -0.25) is 4.79 Å². The summed E-state index contributed by atoms with van der Waals surface area (Å²) in [5, 5.41) is 81.7. The van der Waals surface area contributed by atoms with Crippen LogP contribution in [0, 0.1) is 33.5 Å². The maximum Gasteiger partial charge on any atom is 0.293 e. The van der Waals surface area contributed by atoms with Crippen molar-refractivity contribution in [1.82, 2.24) is 0 Å². The molecular weight excluding hydrogens is 728 g/mol. The van der Waals surface area contributed by atoms with Gasteiger partial charge in [0.25, 0.3) is 6.47 Å². The highest BCUT2D eigenvalue weighted by Gasteiger charge is 2.64. The molecule has 0 radical (unpaired) electrons. The molecule has 11 unspecified atom stereocenters. The Labute approximate surface area is 331 Å². The molecule has 0 amide bonds. The van der Waals surface area contributed by atoms with Gasteiger partial charge in [-0.1, -0.05) is 45.8 Å². The number of rotatable bonds is 13. The van der Waals surface area contributed by atoms with E-state index in [9.17, 15) is 45.6 Å². The van der Waals surface area contributed by atoms with Gasteiger partial charge in [-0.2, -0.15) is 0 Å². The van der Waals surface area contributed by atoms with Gasteiger partial charge in [0.2, 0.25) is 0 Å². The largest absolute Gasteiger partial charge is 0.464 e. The van der Waals surface area contributed by atoms with Crippen LogP contribution < -0.4 is 0 Å². The zero-order valence-electron chi connectivity index (χ0n) is 34.4. The number of fused-ring (bicyclic) bond motifs is 4. The van der Waals surface area contributed by atoms with Gasteiger partial charge in [0.15, 0.2) is 12.6 Å². The summed E-state index contributed by atoms with van der Waals surface area (Å²) in [5.74, 6) is 0.452. The number of hydrogen-bond donors (Lipinski definition) is 8. The first-order chi connectivity index (χ1) is 26.2. The van der Waals surface area contributed by atoms with Crippen molar-refractivity contribution >= 4 is 6.47 Å². The van der Waals surface area contributed by atoms with Gasteiger partial charge in [0.05, 0.1) is 24.9 Å². The molecule has 2 aliphatic heterocycles. The van der Waals surface area contributed by atoms with Crippen LogP contribution in [-0.4, -0.2) is 140 Å². The molecule has 6 rings (SSSR count). The predicted molar refractivity (Wildman–Crippen MR) is 201 cm³/mol. The average Bonchev–Trinajstić information content (AvgIpc) is 3.43. The highest BCUT2D eigenvalue weighted by molar-refractivity contribution is 5.40. The number of carbonyl (C=O) groups excluding carboxylic acids is 1. The Hall–Kier alpha value is -1.27. The molecule has 17 atom stereocenters. The van der Waals surface area contributed by atoms with E-state index in [2.05, 4.69) is 34.6 Å². The molecular formula is C42H70O14. The third kappa shape index (κ3) is 7.44.